The highest BCUT2D eigenvalue weighted by atomic mass is 32.2. The fourth-order valence-corrected chi connectivity index (χ4v) is 5.03. The van der Waals surface area contributed by atoms with E-state index in [0.717, 1.165) is 11.4 Å². The molecule has 0 bridgehead atoms. The van der Waals surface area contributed by atoms with Gasteiger partial charge < -0.3 is 5.32 Å². The molecule has 0 unspecified atom stereocenters. The van der Waals surface area contributed by atoms with E-state index in [1.165, 1.54) is 0 Å². The standard InChI is InChI=1S/C13H20N2O2S2/c1-13(2)10-15(8-9-18-13)19(16,17)12-6-4-11(14-3)5-7-12/h4-7,14H,8-10H2,1-3H3. The molecule has 19 heavy (non-hydrogen) atoms. The SMILES string of the molecule is CNc1ccc(S(=O)(=O)N2CCSC(C)(C)C2)cc1. The molecule has 4 nitrogen and oxygen atoms in total. The molecule has 0 spiro atoms. The van der Waals surface area contributed by atoms with Crippen molar-refractivity contribution in [1.82, 2.24) is 4.31 Å². The second kappa shape index (κ2) is 5.34. The minimum atomic E-state index is -3.37. The molecule has 106 valence electrons. The molecule has 1 heterocycles. The van der Waals surface area contributed by atoms with E-state index >= 15 is 0 Å². The second-order valence-corrected chi connectivity index (χ2v) is 8.96. The zero-order valence-corrected chi connectivity index (χ0v) is 13.1. The van der Waals surface area contributed by atoms with Gasteiger partial charge in [0.15, 0.2) is 0 Å². The lowest BCUT2D eigenvalue weighted by molar-refractivity contribution is 0.387. The summed E-state index contributed by atoms with van der Waals surface area (Å²) in [5.41, 5.74) is 0.911. The summed E-state index contributed by atoms with van der Waals surface area (Å²) >= 11 is 1.83. The van der Waals surface area contributed by atoms with Gasteiger partial charge in [0.2, 0.25) is 10.0 Å². The van der Waals surface area contributed by atoms with Crippen LogP contribution >= 0.6 is 11.8 Å². The number of benzene rings is 1. The van der Waals surface area contributed by atoms with E-state index in [1.807, 2.05) is 18.8 Å². The lowest BCUT2D eigenvalue weighted by Gasteiger charge is -2.36. The summed E-state index contributed by atoms with van der Waals surface area (Å²) < 4.78 is 26.7. The maximum absolute atomic E-state index is 12.6. The Morgan fingerprint density at radius 1 is 1.26 bits per heavy atom. The molecule has 0 amide bonds. The Kier molecular flexibility index (Phi) is 4.13. The minimum Gasteiger partial charge on any atom is -0.388 e. The van der Waals surface area contributed by atoms with E-state index in [0.29, 0.717) is 18.0 Å². The van der Waals surface area contributed by atoms with Crippen LogP contribution in [-0.2, 0) is 10.0 Å². The molecule has 1 aliphatic heterocycles. The number of rotatable bonds is 3. The van der Waals surface area contributed by atoms with Crippen LogP contribution in [0.3, 0.4) is 0 Å². The number of hydrogen-bond acceptors (Lipinski definition) is 4. The van der Waals surface area contributed by atoms with Crippen molar-refractivity contribution in [2.75, 3.05) is 31.2 Å². The molecule has 2 rings (SSSR count). The molecule has 1 fully saturated rings. The van der Waals surface area contributed by atoms with E-state index in [1.54, 1.807) is 28.6 Å². The Morgan fingerprint density at radius 2 is 1.89 bits per heavy atom. The van der Waals surface area contributed by atoms with E-state index in [4.69, 9.17) is 0 Å². The van der Waals surface area contributed by atoms with Crippen molar-refractivity contribution < 1.29 is 8.42 Å². The number of hydrogen-bond donors (Lipinski definition) is 1. The molecule has 1 aromatic rings. The van der Waals surface area contributed by atoms with Crippen LogP contribution in [0.4, 0.5) is 5.69 Å². The Labute approximate surface area is 119 Å². The predicted molar refractivity (Wildman–Crippen MR) is 81.3 cm³/mol. The van der Waals surface area contributed by atoms with Gasteiger partial charge in [0, 0.05) is 36.3 Å². The van der Waals surface area contributed by atoms with Crippen LogP contribution in [0.2, 0.25) is 0 Å². The van der Waals surface area contributed by atoms with Gasteiger partial charge >= 0.3 is 0 Å². The first-order chi connectivity index (χ1) is 8.85. The van der Waals surface area contributed by atoms with Crippen molar-refractivity contribution in [3.63, 3.8) is 0 Å². The van der Waals surface area contributed by atoms with E-state index in [-0.39, 0.29) is 4.75 Å². The van der Waals surface area contributed by atoms with Crippen LogP contribution in [0.15, 0.2) is 29.2 Å². The summed E-state index contributed by atoms with van der Waals surface area (Å²) in [6, 6.07) is 6.90. The molecule has 0 aromatic heterocycles. The van der Waals surface area contributed by atoms with E-state index in [9.17, 15) is 8.42 Å². The van der Waals surface area contributed by atoms with Gasteiger partial charge in [0.25, 0.3) is 0 Å². The van der Waals surface area contributed by atoms with Crippen LogP contribution in [0.5, 0.6) is 0 Å². The maximum Gasteiger partial charge on any atom is 0.243 e. The third-order valence-corrected chi connectivity index (χ3v) is 6.33. The second-order valence-electron chi connectivity index (χ2n) is 5.22. The van der Waals surface area contributed by atoms with Gasteiger partial charge in [-0.25, -0.2) is 8.42 Å². The van der Waals surface area contributed by atoms with Gasteiger partial charge in [-0.15, -0.1) is 0 Å². The Morgan fingerprint density at radius 3 is 2.42 bits per heavy atom. The lowest BCUT2D eigenvalue weighted by atomic mass is 10.2. The minimum absolute atomic E-state index is 0.0176. The first-order valence-corrected chi connectivity index (χ1v) is 8.70. The maximum atomic E-state index is 12.6. The molecule has 0 aliphatic carbocycles. The van der Waals surface area contributed by atoms with Crippen LogP contribution in [0.1, 0.15) is 13.8 Å². The Bertz CT molecular complexity index is 538. The molecule has 1 saturated heterocycles. The Hall–Kier alpha value is -0.720. The predicted octanol–water partition coefficient (Wildman–Crippen LogP) is 2.24. The van der Waals surface area contributed by atoms with Crippen molar-refractivity contribution in [3.05, 3.63) is 24.3 Å². The lowest BCUT2D eigenvalue weighted by Crippen LogP contribution is -2.46. The molecule has 0 saturated carbocycles. The van der Waals surface area contributed by atoms with Gasteiger partial charge in [0.05, 0.1) is 4.90 Å². The average molecular weight is 300 g/mol. The van der Waals surface area contributed by atoms with Gasteiger partial charge in [-0.2, -0.15) is 16.1 Å². The van der Waals surface area contributed by atoms with Crippen LogP contribution in [-0.4, -0.2) is 43.4 Å². The normalized spacial score (nSPS) is 20.2. The van der Waals surface area contributed by atoms with E-state index < -0.39 is 10.0 Å². The highest BCUT2D eigenvalue weighted by molar-refractivity contribution is 8.00. The summed E-state index contributed by atoms with van der Waals surface area (Å²) in [6.45, 7) is 5.32. The number of nitrogens with one attached hydrogen (secondary N) is 1. The summed E-state index contributed by atoms with van der Waals surface area (Å²) in [5, 5.41) is 2.99. The summed E-state index contributed by atoms with van der Waals surface area (Å²) in [7, 11) is -1.55. The van der Waals surface area contributed by atoms with Crippen LogP contribution < -0.4 is 5.32 Å². The molecule has 1 N–H and O–H groups in total. The molecule has 0 atom stereocenters. The van der Waals surface area contributed by atoms with Gasteiger partial charge in [-0.05, 0) is 38.1 Å². The summed E-state index contributed by atoms with van der Waals surface area (Å²) in [4.78, 5) is 0.370. The molecule has 6 heteroatoms. The topological polar surface area (TPSA) is 49.4 Å². The summed E-state index contributed by atoms with van der Waals surface area (Å²) in [6.07, 6.45) is 0. The van der Waals surface area contributed by atoms with Gasteiger partial charge in [0.1, 0.15) is 0 Å². The number of anilines is 1. The highest BCUT2D eigenvalue weighted by Crippen LogP contribution is 2.32. The number of thioether (sulfide) groups is 1. The third-order valence-electron chi connectivity index (χ3n) is 3.17. The number of nitrogens with zero attached hydrogens (tertiary/aromatic N) is 1. The molecule has 0 radical (unpaired) electrons. The summed E-state index contributed by atoms with van der Waals surface area (Å²) in [5.74, 6) is 0.848. The smallest absolute Gasteiger partial charge is 0.243 e. The first kappa shape index (κ1) is 14.7. The zero-order chi connectivity index (χ0) is 14.1. The first-order valence-electron chi connectivity index (χ1n) is 6.27. The van der Waals surface area contributed by atoms with Crippen molar-refractivity contribution in [3.8, 4) is 0 Å². The molecule has 1 aromatic carbocycles. The number of sulfonamides is 1. The highest BCUT2D eigenvalue weighted by Gasteiger charge is 2.34. The van der Waals surface area contributed by atoms with Crippen molar-refractivity contribution in [2.24, 2.45) is 0 Å². The van der Waals surface area contributed by atoms with Gasteiger partial charge in [-0.3, -0.25) is 0 Å². The van der Waals surface area contributed by atoms with E-state index in [2.05, 4.69) is 19.2 Å². The fraction of sp³-hybridized carbons (Fsp3) is 0.538. The monoisotopic (exact) mass is 300 g/mol. The van der Waals surface area contributed by atoms with Crippen LogP contribution in [0.25, 0.3) is 0 Å². The van der Waals surface area contributed by atoms with Crippen LogP contribution in [0, 0.1) is 0 Å². The largest absolute Gasteiger partial charge is 0.388 e. The van der Waals surface area contributed by atoms with Crippen molar-refractivity contribution >= 4 is 27.5 Å². The average Bonchev–Trinajstić information content (AvgIpc) is 2.37. The van der Waals surface area contributed by atoms with Gasteiger partial charge in [-0.1, -0.05) is 0 Å². The Balaban J connectivity index is 2.26. The van der Waals surface area contributed by atoms with Crippen molar-refractivity contribution in [2.45, 2.75) is 23.5 Å². The molecular weight excluding hydrogens is 280 g/mol. The third kappa shape index (κ3) is 3.24. The zero-order valence-electron chi connectivity index (χ0n) is 11.5. The molecule has 1 aliphatic rings. The quantitative estimate of drug-likeness (QED) is 0.930. The fourth-order valence-electron chi connectivity index (χ4n) is 2.12. The van der Waals surface area contributed by atoms with Crippen molar-refractivity contribution in [1.29, 1.82) is 0 Å². The molecular formula is C13H20N2O2S2.